The Morgan fingerprint density at radius 2 is 1.93 bits per heavy atom. The Hall–Kier alpha value is -2.05. The van der Waals surface area contributed by atoms with Crippen LogP contribution < -0.4 is 0 Å². The van der Waals surface area contributed by atoms with Crippen LogP contribution in [-0.2, 0) is 28.6 Å². The maximum atomic E-state index is 11.1. The quantitative estimate of drug-likeness (QED) is 0.470. The van der Waals surface area contributed by atoms with Gasteiger partial charge in [0.25, 0.3) is 0 Å². The second kappa shape index (κ2) is 3.99. The molecule has 7 nitrogen and oxygen atoms in total. The van der Waals surface area contributed by atoms with Crippen molar-refractivity contribution < 1.29 is 33.7 Å². The van der Waals surface area contributed by atoms with Gasteiger partial charge in [-0.25, -0.2) is 14.4 Å². The lowest BCUT2D eigenvalue weighted by molar-refractivity contribution is -0.160. The summed E-state index contributed by atoms with van der Waals surface area (Å²) in [5, 5.41) is 9.17. The van der Waals surface area contributed by atoms with Crippen LogP contribution in [0.25, 0.3) is 0 Å². The summed E-state index contributed by atoms with van der Waals surface area (Å²) >= 11 is 0. The summed E-state index contributed by atoms with van der Waals surface area (Å²) in [7, 11) is 2.10. The molecular weight excluding hydrogens is 208 g/mol. The average molecular weight is 216 g/mol. The lowest BCUT2D eigenvalue weighted by Crippen LogP contribution is -2.28. The smallest absolute Gasteiger partial charge is 0.375 e. The molecule has 0 saturated heterocycles. The number of hydrogen-bond acceptors (Lipinski definition) is 7. The highest BCUT2D eigenvalue weighted by Gasteiger charge is 2.44. The predicted octanol–water partition coefficient (Wildman–Crippen LogP) is -0.930. The molecule has 1 rings (SSSR count). The normalized spacial score (nSPS) is 19.9. The standard InChI is InChI=1S/C8H8O7/c1-13-6(10)3-4(9)7(11)15-5(3)8(12)14-2/h5,9H,1-2H3/t5-/m0/s1. The number of cyclic esters (lactones) is 1. The Morgan fingerprint density at radius 1 is 1.33 bits per heavy atom. The van der Waals surface area contributed by atoms with Crippen LogP contribution in [0.2, 0.25) is 0 Å². The van der Waals surface area contributed by atoms with E-state index in [0.717, 1.165) is 14.2 Å². The minimum atomic E-state index is -1.56. The molecule has 0 aromatic heterocycles. The first-order valence-electron chi connectivity index (χ1n) is 3.83. The summed E-state index contributed by atoms with van der Waals surface area (Å²) in [6.45, 7) is 0. The molecule has 0 fully saturated rings. The SMILES string of the molecule is COC(=O)C1=C(O)C(=O)O[C@@H]1C(=O)OC. The molecule has 7 heteroatoms. The molecule has 82 valence electrons. The van der Waals surface area contributed by atoms with Gasteiger partial charge in [-0.05, 0) is 0 Å². The van der Waals surface area contributed by atoms with Gasteiger partial charge in [-0.1, -0.05) is 0 Å². The van der Waals surface area contributed by atoms with Crippen LogP contribution in [0, 0.1) is 0 Å². The summed E-state index contributed by atoms with van der Waals surface area (Å²) in [6.07, 6.45) is -1.56. The fourth-order valence-electron chi connectivity index (χ4n) is 1.04. The summed E-state index contributed by atoms with van der Waals surface area (Å²) in [5.74, 6) is -4.08. The van der Waals surface area contributed by atoms with Crippen LogP contribution in [-0.4, -0.2) is 43.3 Å². The van der Waals surface area contributed by atoms with Crippen molar-refractivity contribution in [2.45, 2.75) is 6.10 Å². The third-order valence-electron chi connectivity index (χ3n) is 1.76. The van der Waals surface area contributed by atoms with Gasteiger partial charge in [-0.15, -0.1) is 0 Å². The summed E-state index contributed by atoms with van der Waals surface area (Å²) in [4.78, 5) is 33.1. The first-order chi connectivity index (χ1) is 7.02. The van der Waals surface area contributed by atoms with E-state index < -0.39 is 35.3 Å². The number of ether oxygens (including phenoxy) is 3. The molecule has 1 N–H and O–H groups in total. The molecule has 0 saturated carbocycles. The summed E-state index contributed by atoms with van der Waals surface area (Å²) < 4.78 is 13.0. The molecule has 1 atom stereocenters. The van der Waals surface area contributed by atoms with Crippen molar-refractivity contribution >= 4 is 17.9 Å². The van der Waals surface area contributed by atoms with Crippen LogP contribution in [0.3, 0.4) is 0 Å². The fourth-order valence-corrected chi connectivity index (χ4v) is 1.04. The van der Waals surface area contributed by atoms with Crippen molar-refractivity contribution in [3.05, 3.63) is 11.3 Å². The Kier molecular flexibility index (Phi) is 2.93. The van der Waals surface area contributed by atoms with E-state index in [1.807, 2.05) is 0 Å². The zero-order chi connectivity index (χ0) is 11.6. The van der Waals surface area contributed by atoms with Crippen LogP contribution in [0.1, 0.15) is 0 Å². The summed E-state index contributed by atoms with van der Waals surface area (Å²) in [5.41, 5.74) is -0.547. The van der Waals surface area contributed by atoms with Gasteiger partial charge in [0.05, 0.1) is 14.2 Å². The van der Waals surface area contributed by atoms with Gasteiger partial charge in [0.1, 0.15) is 5.57 Å². The predicted molar refractivity (Wildman–Crippen MR) is 43.6 cm³/mol. The Balaban J connectivity index is 3.08. The molecule has 0 radical (unpaired) electrons. The molecule has 0 spiro atoms. The Morgan fingerprint density at radius 3 is 2.40 bits per heavy atom. The topological polar surface area (TPSA) is 99.1 Å². The second-order valence-corrected chi connectivity index (χ2v) is 2.56. The number of carbonyl (C=O) groups excluding carboxylic acids is 3. The van der Waals surface area contributed by atoms with Gasteiger partial charge in [0, 0.05) is 0 Å². The van der Waals surface area contributed by atoms with Crippen molar-refractivity contribution in [2.24, 2.45) is 0 Å². The maximum absolute atomic E-state index is 11.1. The van der Waals surface area contributed by atoms with Crippen LogP contribution in [0.5, 0.6) is 0 Å². The number of rotatable bonds is 2. The number of aliphatic hydroxyl groups is 1. The first kappa shape index (κ1) is 11.0. The van der Waals surface area contributed by atoms with Gasteiger partial charge < -0.3 is 19.3 Å². The van der Waals surface area contributed by atoms with Gasteiger partial charge in [-0.3, -0.25) is 0 Å². The van der Waals surface area contributed by atoms with Crippen LogP contribution in [0.4, 0.5) is 0 Å². The molecule has 1 heterocycles. The highest BCUT2D eigenvalue weighted by Crippen LogP contribution is 2.23. The number of carbonyl (C=O) groups is 3. The number of hydrogen-bond donors (Lipinski definition) is 1. The Labute approximate surface area is 84.2 Å². The van der Waals surface area contributed by atoms with Crippen molar-refractivity contribution in [1.29, 1.82) is 0 Å². The highest BCUT2D eigenvalue weighted by atomic mass is 16.6. The number of aliphatic hydroxyl groups excluding tert-OH is 1. The molecule has 15 heavy (non-hydrogen) atoms. The van der Waals surface area contributed by atoms with E-state index >= 15 is 0 Å². The zero-order valence-electron chi connectivity index (χ0n) is 7.97. The van der Waals surface area contributed by atoms with Gasteiger partial charge >= 0.3 is 17.9 Å². The van der Waals surface area contributed by atoms with E-state index in [0.29, 0.717) is 0 Å². The molecular formula is C8H8O7. The Bertz CT molecular complexity index is 354. The minimum Gasteiger partial charge on any atom is -0.501 e. The molecule has 0 unspecified atom stereocenters. The van der Waals surface area contributed by atoms with Crippen molar-refractivity contribution in [3.8, 4) is 0 Å². The minimum absolute atomic E-state index is 0.547. The molecule has 0 aromatic rings. The van der Waals surface area contributed by atoms with Crippen molar-refractivity contribution in [3.63, 3.8) is 0 Å². The third-order valence-corrected chi connectivity index (χ3v) is 1.76. The molecule has 1 aliphatic rings. The highest BCUT2D eigenvalue weighted by molar-refractivity contribution is 6.08. The summed E-state index contributed by atoms with van der Waals surface area (Å²) in [6, 6.07) is 0. The maximum Gasteiger partial charge on any atom is 0.375 e. The molecule has 0 aliphatic carbocycles. The average Bonchev–Trinajstić information content (AvgIpc) is 2.53. The molecule has 0 bridgehead atoms. The number of esters is 3. The lowest BCUT2D eigenvalue weighted by atomic mass is 10.1. The van der Waals surface area contributed by atoms with E-state index in [1.54, 1.807) is 0 Å². The van der Waals surface area contributed by atoms with E-state index in [2.05, 4.69) is 14.2 Å². The van der Waals surface area contributed by atoms with Crippen LogP contribution in [0.15, 0.2) is 11.3 Å². The van der Waals surface area contributed by atoms with Crippen LogP contribution >= 0.6 is 0 Å². The molecule has 0 amide bonds. The zero-order valence-corrected chi connectivity index (χ0v) is 7.97. The van der Waals surface area contributed by atoms with Gasteiger partial charge in [0.15, 0.2) is 0 Å². The van der Waals surface area contributed by atoms with E-state index in [4.69, 9.17) is 0 Å². The first-order valence-corrected chi connectivity index (χ1v) is 3.83. The third kappa shape index (κ3) is 1.76. The molecule has 0 aromatic carbocycles. The second-order valence-electron chi connectivity index (χ2n) is 2.56. The van der Waals surface area contributed by atoms with E-state index in [1.165, 1.54) is 0 Å². The number of methoxy groups -OCH3 is 2. The van der Waals surface area contributed by atoms with Crippen molar-refractivity contribution in [2.75, 3.05) is 14.2 Å². The van der Waals surface area contributed by atoms with Gasteiger partial charge in [-0.2, -0.15) is 0 Å². The lowest BCUT2D eigenvalue weighted by Gasteiger charge is -2.08. The van der Waals surface area contributed by atoms with Gasteiger partial charge in [0.2, 0.25) is 11.9 Å². The fraction of sp³-hybridized carbons (Fsp3) is 0.375. The molecule has 1 aliphatic heterocycles. The van der Waals surface area contributed by atoms with E-state index in [9.17, 15) is 19.5 Å². The van der Waals surface area contributed by atoms with E-state index in [-0.39, 0.29) is 0 Å². The van der Waals surface area contributed by atoms with Crippen molar-refractivity contribution in [1.82, 2.24) is 0 Å². The largest absolute Gasteiger partial charge is 0.501 e. The monoisotopic (exact) mass is 216 g/mol.